The van der Waals surface area contributed by atoms with Crippen LogP contribution in [0.15, 0.2) is 64.9 Å². The molecule has 1 aromatic heterocycles. The largest absolute Gasteiger partial charge is 0.457 e. The first-order valence-corrected chi connectivity index (χ1v) is 9.35. The summed E-state index contributed by atoms with van der Waals surface area (Å²) in [7, 11) is 0. The third kappa shape index (κ3) is 5.63. The number of aromatic nitrogens is 3. The van der Waals surface area contributed by atoms with Crippen LogP contribution in [0.4, 0.5) is 5.95 Å². The van der Waals surface area contributed by atoms with Crippen LogP contribution < -0.4 is 10.2 Å². The van der Waals surface area contributed by atoms with E-state index in [2.05, 4.69) is 39.6 Å². The lowest BCUT2D eigenvalue weighted by atomic mass is 10.2. The normalized spacial score (nSPS) is 11.2. The zero-order valence-electron chi connectivity index (χ0n) is 14.7. The van der Waals surface area contributed by atoms with Crippen LogP contribution in [0.3, 0.4) is 0 Å². The molecule has 0 aliphatic carbocycles. The van der Waals surface area contributed by atoms with Crippen LogP contribution in [0.2, 0.25) is 0 Å². The van der Waals surface area contributed by atoms with E-state index in [9.17, 15) is 0 Å². The first-order valence-electron chi connectivity index (χ1n) is 8.36. The highest BCUT2D eigenvalue weighted by atomic mass is 32.2. The van der Waals surface area contributed by atoms with Crippen LogP contribution in [0.25, 0.3) is 0 Å². The monoisotopic (exact) mass is 367 g/mol. The smallest absolute Gasteiger partial charge is 0.240 e. The van der Waals surface area contributed by atoms with E-state index < -0.39 is 0 Å². The van der Waals surface area contributed by atoms with Crippen LogP contribution in [0, 0.1) is 5.92 Å². The highest BCUT2D eigenvalue weighted by molar-refractivity contribution is 7.99. The van der Waals surface area contributed by atoms with Gasteiger partial charge in [-0.25, -0.2) is 10.5 Å². The topological polar surface area (TPSA) is 75.2 Å². The molecule has 0 atom stereocenters. The maximum atomic E-state index is 5.82. The summed E-state index contributed by atoms with van der Waals surface area (Å²) in [5, 5.41) is 11.9. The van der Waals surface area contributed by atoms with Gasteiger partial charge in [-0.15, -0.1) is 5.10 Å². The van der Waals surface area contributed by atoms with Gasteiger partial charge in [0.2, 0.25) is 11.1 Å². The van der Waals surface area contributed by atoms with Gasteiger partial charge in [0.05, 0.1) is 6.21 Å². The van der Waals surface area contributed by atoms with E-state index in [1.54, 1.807) is 18.0 Å². The predicted molar refractivity (Wildman–Crippen MR) is 106 cm³/mol. The molecule has 0 unspecified atom stereocenters. The van der Waals surface area contributed by atoms with Crippen LogP contribution >= 0.6 is 11.8 Å². The number of nitrogens with one attached hydrogen (secondary N) is 2. The molecule has 0 fully saturated rings. The second-order valence-electron chi connectivity index (χ2n) is 6.03. The van der Waals surface area contributed by atoms with Gasteiger partial charge < -0.3 is 4.74 Å². The Hall–Kier alpha value is -2.80. The number of ether oxygens (including phenoxy) is 1. The molecule has 6 nitrogen and oxygen atoms in total. The standard InChI is InChI=1S/C19H21N5OS/c1-14(2)13-26-19-21-18(23-24-19)22-20-12-15-7-6-10-17(11-15)25-16-8-4-3-5-9-16/h3-12,14H,13H2,1-2H3,(H2,21,22,23,24)/b20-12-. The number of rotatable bonds is 8. The average molecular weight is 367 g/mol. The minimum Gasteiger partial charge on any atom is -0.457 e. The molecule has 0 amide bonds. The van der Waals surface area contributed by atoms with E-state index >= 15 is 0 Å². The van der Waals surface area contributed by atoms with Gasteiger partial charge in [0.25, 0.3) is 0 Å². The Morgan fingerprint density at radius 2 is 1.96 bits per heavy atom. The lowest BCUT2D eigenvalue weighted by Gasteiger charge is -2.05. The fraction of sp³-hybridized carbons (Fsp3) is 0.211. The first-order chi connectivity index (χ1) is 12.7. The molecule has 134 valence electrons. The molecule has 0 bridgehead atoms. The molecule has 7 heteroatoms. The van der Waals surface area contributed by atoms with E-state index in [0.29, 0.717) is 11.9 Å². The van der Waals surface area contributed by atoms with Gasteiger partial charge in [-0.3, -0.25) is 0 Å². The van der Waals surface area contributed by atoms with Crippen molar-refractivity contribution in [2.24, 2.45) is 11.0 Å². The number of hydrazone groups is 1. The van der Waals surface area contributed by atoms with Crippen LogP contribution in [0.1, 0.15) is 19.4 Å². The summed E-state index contributed by atoms with van der Waals surface area (Å²) in [6.45, 7) is 4.33. The highest BCUT2D eigenvalue weighted by Gasteiger charge is 2.04. The fourth-order valence-electron chi connectivity index (χ4n) is 2.05. The third-order valence-corrected chi connectivity index (χ3v) is 4.51. The zero-order chi connectivity index (χ0) is 18.2. The Kier molecular flexibility index (Phi) is 6.27. The van der Waals surface area contributed by atoms with E-state index in [1.807, 2.05) is 54.6 Å². The molecule has 2 N–H and O–H groups in total. The van der Waals surface area contributed by atoms with Gasteiger partial charge >= 0.3 is 0 Å². The Balaban J connectivity index is 1.56. The summed E-state index contributed by atoms with van der Waals surface area (Å²) in [6, 6.07) is 17.4. The number of thioether (sulfide) groups is 1. The van der Waals surface area contributed by atoms with Gasteiger partial charge in [0.15, 0.2) is 0 Å². The number of H-pyrrole nitrogens is 1. The number of para-hydroxylation sites is 1. The molecular formula is C19H21N5OS. The van der Waals surface area contributed by atoms with Gasteiger partial charge in [0, 0.05) is 5.75 Å². The van der Waals surface area contributed by atoms with E-state index in [4.69, 9.17) is 4.74 Å². The minimum absolute atomic E-state index is 0.518. The Labute approximate surface area is 157 Å². The third-order valence-electron chi connectivity index (χ3n) is 3.23. The predicted octanol–water partition coefficient (Wildman–Crippen LogP) is 4.79. The molecule has 0 saturated carbocycles. The van der Waals surface area contributed by atoms with Crippen molar-refractivity contribution in [3.05, 3.63) is 60.2 Å². The van der Waals surface area contributed by atoms with Gasteiger partial charge in [-0.1, -0.05) is 55.9 Å². The van der Waals surface area contributed by atoms with Crippen molar-refractivity contribution in [1.29, 1.82) is 0 Å². The molecule has 1 heterocycles. The highest BCUT2D eigenvalue weighted by Crippen LogP contribution is 2.21. The van der Waals surface area contributed by atoms with Crippen molar-refractivity contribution in [3.63, 3.8) is 0 Å². The Bertz CT molecular complexity index is 848. The summed E-state index contributed by atoms with van der Waals surface area (Å²) in [5.41, 5.74) is 3.77. The fourth-order valence-corrected chi connectivity index (χ4v) is 2.80. The molecular weight excluding hydrogens is 346 g/mol. The van der Waals surface area contributed by atoms with Crippen molar-refractivity contribution in [2.45, 2.75) is 19.0 Å². The van der Waals surface area contributed by atoms with E-state index in [1.165, 1.54) is 0 Å². The number of aromatic amines is 1. The zero-order valence-corrected chi connectivity index (χ0v) is 15.5. The molecule has 0 spiro atoms. The maximum absolute atomic E-state index is 5.82. The Morgan fingerprint density at radius 1 is 1.15 bits per heavy atom. The second-order valence-corrected chi connectivity index (χ2v) is 7.02. The maximum Gasteiger partial charge on any atom is 0.240 e. The summed E-state index contributed by atoms with van der Waals surface area (Å²) in [6.07, 6.45) is 1.71. The summed E-state index contributed by atoms with van der Waals surface area (Å²) in [4.78, 5) is 4.33. The summed E-state index contributed by atoms with van der Waals surface area (Å²) in [5.74, 6) is 3.65. The van der Waals surface area contributed by atoms with Crippen molar-refractivity contribution < 1.29 is 4.74 Å². The van der Waals surface area contributed by atoms with Crippen molar-refractivity contribution in [3.8, 4) is 11.5 Å². The Morgan fingerprint density at radius 3 is 2.77 bits per heavy atom. The van der Waals surface area contributed by atoms with Gasteiger partial charge in [-0.2, -0.15) is 10.1 Å². The quantitative estimate of drug-likeness (QED) is 0.340. The molecule has 0 aliphatic heterocycles. The SMILES string of the molecule is CC(C)CSc1n[nH]c(N/N=C\c2cccc(Oc3ccccc3)c2)n1. The number of hydrogen-bond acceptors (Lipinski definition) is 6. The number of anilines is 1. The molecule has 3 aromatic rings. The average Bonchev–Trinajstić information content (AvgIpc) is 3.09. The molecule has 3 rings (SSSR count). The number of hydrogen-bond donors (Lipinski definition) is 2. The van der Waals surface area contributed by atoms with Crippen molar-refractivity contribution in [2.75, 3.05) is 11.2 Å². The molecule has 2 aromatic carbocycles. The van der Waals surface area contributed by atoms with Crippen LogP contribution in [-0.4, -0.2) is 27.1 Å². The summed E-state index contributed by atoms with van der Waals surface area (Å²) >= 11 is 1.62. The number of benzene rings is 2. The minimum atomic E-state index is 0.518. The molecule has 0 aliphatic rings. The molecule has 0 saturated heterocycles. The molecule has 0 radical (unpaired) electrons. The van der Waals surface area contributed by atoms with Crippen LogP contribution in [-0.2, 0) is 0 Å². The second kappa shape index (κ2) is 9.05. The number of nitrogens with zero attached hydrogens (tertiary/aromatic N) is 3. The van der Waals surface area contributed by atoms with Gasteiger partial charge in [-0.05, 0) is 35.7 Å². The lowest BCUT2D eigenvalue weighted by molar-refractivity contribution is 0.482. The van der Waals surface area contributed by atoms with Gasteiger partial charge in [0.1, 0.15) is 11.5 Å². The van der Waals surface area contributed by atoms with E-state index in [-0.39, 0.29) is 0 Å². The van der Waals surface area contributed by atoms with E-state index in [0.717, 1.165) is 28.0 Å². The lowest BCUT2D eigenvalue weighted by Crippen LogP contribution is -1.93. The molecule has 26 heavy (non-hydrogen) atoms. The van der Waals surface area contributed by atoms with Crippen molar-refractivity contribution >= 4 is 23.9 Å². The van der Waals surface area contributed by atoms with Crippen molar-refractivity contribution in [1.82, 2.24) is 15.2 Å². The van der Waals surface area contributed by atoms with Crippen LogP contribution in [0.5, 0.6) is 11.5 Å². The summed E-state index contributed by atoms with van der Waals surface area (Å²) < 4.78 is 5.82. The first kappa shape index (κ1) is 18.0.